The van der Waals surface area contributed by atoms with Crippen molar-refractivity contribution in [3.8, 4) is 0 Å². The number of hydrogen-bond donors (Lipinski definition) is 1. The number of thiophene rings is 1. The Labute approximate surface area is 165 Å². The number of nitrogens with one attached hydrogen (secondary N) is 1. The Balaban J connectivity index is 1.43. The van der Waals surface area contributed by atoms with Crippen LogP contribution < -0.4 is 5.32 Å². The Morgan fingerprint density at radius 1 is 1.26 bits per heavy atom. The van der Waals surface area contributed by atoms with Crippen molar-refractivity contribution in [2.45, 2.75) is 38.1 Å². The van der Waals surface area contributed by atoms with E-state index in [9.17, 15) is 9.59 Å². The number of carbonyl (C=O) groups is 2. The molecule has 0 bridgehead atoms. The van der Waals surface area contributed by atoms with Gasteiger partial charge in [0, 0.05) is 44.2 Å². The Kier molecular flexibility index (Phi) is 7.67. The summed E-state index contributed by atoms with van der Waals surface area (Å²) in [5, 5.41) is 5.00. The zero-order valence-electron chi connectivity index (χ0n) is 16.2. The first-order valence-corrected chi connectivity index (χ1v) is 10.9. The third-order valence-corrected chi connectivity index (χ3v) is 6.54. The van der Waals surface area contributed by atoms with Crippen LogP contribution in [-0.2, 0) is 20.7 Å². The van der Waals surface area contributed by atoms with Crippen LogP contribution in [0.3, 0.4) is 0 Å². The lowest BCUT2D eigenvalue weighted by Crippen LogP contribution is -2.51. The maximum absolute atomic E-state index is 12.5. The Morgan fingerprint density at radius 2 is 2.07 bits per heavy atom. The standard InChI is InChI=1S/C20H31N3O3S/c1-26-12-8-21-20(25)16-4-2-9-23(15-16)17-6-10-22(11-7-17)19(24)14-18-5-3-13-27-18/h3,5,13,16-17H,2,4,6-12,14-15H2,1H3,(H,21,25). The second-order valence-corrected chi connectivity index (χ2v) is 8.52. The van der Waals surface area contributed by atoms with Crippen LogP contribution in [0.15, 0.2) is 17.5 Å². The number of piperidine rings is 2. The average molecular weight is 394 g/mol. The molecule has 7 heteroatoms. The number of carbonyl (C=O) groups excluding carboxylic acids is 2. The van der Waals surface area contributed by atoms with Crippen molar-refractivity contribution in [2.75, 3.05) is 46.4 Å². The van der Waals surface area contributed by atoms with Crippen molar-refractivity contribution in [1.82, 2.24) is 15.1 Å². The summed E-state index contributed by atoms with van der Waals surface area (Å²) >= 11 is 1.65. The number of likely N-dealkylation sites (tertiary alicyclic amines) is 2. The van der Waals surface area contributed by atoms with E-state index < -0.39 is 0 Å². The van der Waals surface area contributed by atoms with Gasteiger partial charge in [-0.2, -0.15) is 0 Å². The summed E-state index contributed by atoms with van der Waals surface area (Å²) in [6, 6.07) is 4.52. The van der Waals surface area contributed by atoms with Gasteiger partial charge in [-0.1, -0.05) is 6.07 Å². The van der Waals surface area contributed by atoms with Gasteiger partial charge < -0.3 is 15.0 Å². The molecule has 0 saturated carbocycles. The van der Waals surface area contributed by atoms with Crippen molar-refractivity contribution in [1.29, 1.82) is 0 Å². The van der Waals surface area contributed by atoms with Crippen LogP contribution in [0.5, 0.6) is 0 Å². The van der Waals surface area contributed by atoms with Gasteiger partial charge in [0.1, 0.15) is 0 Å². The maximum atomic E-state index is 12.5. The second-order valence-electron chi connectivity index (χ2n) is 7.49. The second kappa shape index (κ2) is 10.2. The van der Waals surface area contributed by atoms with Crippen molar-refractivity contribution in [3.05, 3.63) is 22.4 Å². The number of ether oxygens (including phenoxy) is 1. The Hall–Kier alpha value is -1.44. The van der Waals surface area contributed by atoms with E-state index >= 15 is 0 Å². The number of methoxy groups -OCH3 is 1. The fraction of sp³-hybridized carbons (Fsp3) is 0.700. The Morgan fingerprint density at radius 3 is 2.78 bits per heavy atom. The minimum absolute atomic E-state index is 0.0779. The van der Waals surface area contributed by atoms with E-state index in [2.05, 4.69) is 10.2 Å². The number of nitrogens with zero attached hydrogens (tertiary/aromatic N) is 2. The summed E-state index contributed by atoms with van der Waals surface area (Å²) in [7, 11) is 1.64. The van der Waals surface area contributed by atoms with E-state index in [1.807, 2.05) is 22.4 Å². The fourth-order valence-electron chi connectivity index (χ4n) is 4.13. The van der Waals surface area contributed by atoms with Crippen LogP contribution >= 0.6 is 11.3 Å². The summed E-state index contributed by atoms with van der Waals surface area (Å²) in [6.07, 6.45) is 4.57. The molecule has 2 fully saturated rings. The zero-order chi connectivity index (χ0) is 19.1. The van der Waals surface area contributed by atoms with Crippen molar-refractivity contribution >= 4 is 23.2 Å². The fourth-order valence-corrected chi connectivity index (χ4v) is 4.82. The highest BCUT2D eigenvalue weighted by Crippen LogP contribution is 2.24. The van der Waals surface area contributed by atoms with E-state index in [1.54, 1.807) is 18.4 Å². The third kappa shape index (κ3) is 5.77. The molecular weight excluding hydrogens is 362 g/mol. The van der Waals surface area contributed by atoms with E-state index in [1.165, 1.54) is 0 Å². The van der Waals surface area contributed by atoms with Gasteiger partial charge in [-0.05, 0) is 43.7 Å². The molecule has 1 unspecified atom stereocenters. The van der Waals surface area contributed by atoms with Crippen LogP contribution in [0.2, 0.25) is 0 Å². The van der Waals surface area contributed by atoms with Gasteiger partial charge in [-0.3, -0.25) is 14.5 Å². The van der Waals surface area contributed by atoms with Gasteiger partial charge in [0.25, 0.3) is 0 Å². The lowest BCUT2D eigenvalue weighted by Gasteiger charge is -2.42. The van der Waals surface area contributed by atoms with E-state index in [-0.39, 0.29) is 17.7 Å². The lowest BCUT2D eigenvalue weighted by atomic mass is 9.93. The molecule has 1 N–H and O–H groups in total. The predicted octanol–water partition coefficient (Wildman–Crippen LogP) is 1.76. The van der Waals surface area contributed by atoms with Gasteiger partial charge in [0.05, 0.1) is 18.9 Å². The van der Waals surface area contributed by atoms with E-state index in [4.69, 9.17) is 4.74 Å². The molecule has 0 aromatic carbocycles. The SMILES string of the molecule is COCCNC(=O)C1CCCN(C2CCN(C(=O)Cc3cccs3)CC2)C1. The molecule has 150 valence electrons. The average Bonchev–Trinajstić information content (AvgIpc) is 3.21. The van der Waals surface area contributed by atoms with E-state index in [0.29, 0.717) is 25.6 Å². The molecular formula is C20H31N3O3S. The maximum Gasteiger partial charge on any atom is 0.227 e. The summed E-state index contributed by atoms with van der Waals surface area (Å²) in [6.45, 7) is 4.70. The monoisotopic (exact) mass is 393 g/mol. The molecule has 2 saturated heterocycles. The van der Waals surface area contributed by atoms with Crippen LogP contribution in [-0.4, -0.2) is 74.1 Å². The smallest absolute Gasteiger partial charge is 0.227 e. The topological polar surface area (TPSA) is 61.9 Å². The first-order valence-electron chi connectivity index (χ1n) is 9.98. The van der Waals surface area contributed by atoms with Gasteiger partial charge in [0.15, 0.2) is 0 Å². The van der Waals surface area contributed by atoms with Crippen LogP contribution in [0.1, 0.15) is 30.6 Å². The third-order valence-electron chi connectivity index (χ3n) is 5.67. The minimum atomic E-state index is 0.0779. The van der Waals surface area contributed by atoms with Crippen molar-refractivity contribution < 1.29 is 14.3 Å². The van der Waals surface area contributed by atoms with Crippen LogP contribution in [0.25, 0.3) is 0 Å². The van der Waals surface area contributed by atoms with E-state index in [0.717, 1.165) is 56.7 Å². The molecule has 0 radical (unpaired) electrons. The number of amides is 2. The molecule has 27 heavy (non-hydrogen) atoms. The highest BCUT2D eigenvalue weighted by Gasteiger charge is 2.32. The molecule has 3 heterocycles. The molecule has 1 atom stereocenters. The normalized spacial score (nSPS) is 22.0. The van der Waals surface area contributed by atoms with Crippen LogP contribution in [0, 0.1) is 5.92 Å². The Bertz CT molecular complexity index is 600. The molecule has 3 rings (SSSR count). The van der Waals surface area contributed by atoms with Crippen LogP contribution in [0.4, 0.5) is 0 Å². The van der Waals surface area contributed by atoms with Gasteiger partial charge >= 0.3 is 0 Å². The zero-order valence-corrected chi connectivity index (χ0v) is 17.0. The highest BCUT2D eigenvalue weighted by molar-refractivity contribution is 7.10. The van der Waals surface area contributed by atoms with Gasteiger partial charge in [-0.15, -0.1) is 11.3 Å². The molecule has 0 spiro atoms. The summed E-state index contributed by atoms with van der Waals surface area (Å²) in [5.41, 5.74) is 0. The lowest BCUT2D eigenvalue weighted by molar-refractivity contribution is -0.132. The largest absolute Gasteiger partial charge is 0.383 e. The summed E-state index contributed by atoms with van der Waals surface area (Å²) in [5.74, 6) is 0.472. The first-order chi connectivity index (χ1) is 13.2. The molecule has 2 aliphatic heterocycles. The summed E-state index contributed by atoms with van der Waals surface area (Å²) in [4.78, 5) is 30.4. The first kappa shape index (κ1) is 20.3. The molecule has 1 aromatic heterocycles. The van der Waals surface area contributed by atoms with Gasteiger partial charge in [-0.25, -0.2) is 0 Å². The molecule has 2 amide bonds. The minimum Gasteiger partial charge on any atom is -0.383 e. The number of rotatable bonds is 7. The molecule has 1 aromatic rings. The molecule has 6 nitrogen and oxygen atoms in total. The van der Waals surface area contributed by atoms with Crippen molar-refractivity contribution in [3.63, 3.8) is 0 Å². The quantitative estimate of drug-likeness (QED) is 0.717. The molecule has 2 aliphatic rings. The predicted molar refractivity (Wildman–Crippen MR) is 107 cm³/mol. The molecule has 0 aliphatic carbocycles. The van der Waals surface area contributed by atoms with Crippen molar-refractivity contribution in [2.24, 2.45) is 5.92 Å². The van der Waals surface area contributed by atoms with Gasteiger partial charge in [0.2, 0.25) is 11.8 Å². The summed E-state index contributed by atoms with van der Waals surface area (Å²) < 4.78 is 5.00. The number of hydrogen-bond acceptors (Lipinski definition) is 5. The highest BCUT2D eigenvalue weighted by atomic mass is 32.1.